The van der Waals surface area contributed by atoms with Crippen LogP contribution in [0.2, 0.25) is 0 Å². The molecule has 0 bridgehead atoms. The van der Waals surface area contributed by atoms with Crippen LogP contribution in [0.3, 0.4) is 0 Å². The lowest BCUT2D eigenvalue weighted by atomic mass is 9.72. The van der Waals surface area contributed by atoms with Crippen molar-refractivity contribution >= 4 is 5.97 Å². The highest BCUT2D eigenvalue weighted by Crippen LogP contribution is 2.49. The number of carbonyl (C=O) groups is 1. The van der Waals surface area contributed by atoms with E-state index in [-0.39, 0.29) is 17.3 Å². The fourth-order valence-electron chi connectivity index (χ4n) is 3.62. The summed E-state index contributed by atoms with van der Waals surface area (Å²) in [6.07, 6.45) is 2.70. The van der Waals surface area contributed by atoms with E-state index in [1.807, 2.05) is 12.1 Å². The van der Waals surface area contributed by atoms with Gasteiger partial charge in [0.2, 0.25) is 0 Å². The summed E-state index contributed by atoms with van der Waals surface area (Å²) in [7, 11) is 1.48. The van der Waals surface area contributed by atoms with Gasteiger partial charge < -0.3 is 4.74 Å². The molecule has 1 atom stereocenters. The number of carbonyl (C=O) groups excluding carboxylic acids is 1. The van der Waals surface area contributed by atoms with Crippen LogP contribution in [0.25, 0.3) is 0 Å². The van der Waals surface area contributed by atoms with Gasteiger partial charge in [0.05, 0.1) is 13.0 Å². The molecule has 0 heterocycles. The Morgan fingerprint density at radius 2 is 1.52 bits per heavy atom. The number of hydrogen-bond donors (Lipinski definition) is 0. The van der Waals surface area contributed by atoms with Gasteiger partial charge in [-0.25, -0.2) is 0 Å². The summed E-state index contributed by atoms with van der Waals surface area (Å²) in [5.74, 6) is -0.0841. The summed E-state index contributed by atoms with van der Waals surface area (Å²) in [6, 6.07) is 21.1. The molecule has 0 aromatic heterocycles. The molecule has 1 saturated carbocycles. The van der Waals surface area contributed by atoms with Gasteiger partial charge in [0.15, 0.2) is 0 Å². The number of benzene rings is 2. The van der Waals surface area contributed by atoms with Crippen molar-refractivity contribution in [3.63, 3.8) is 0 Å². The quantitative estimate of drug-likeness (QED) is 0.796. The molecule has 1 unspecified atom stereocenters. The van der Waals surface area contributed by atoms with Crippen molar-refractivity contribution in [3.05, 3.63) is 71.8 Å². The minimum Gasteiger partial charge on any atom is -0.469 e. The molecule has 0 aliphatic heterocycles. The zero-order valence-corrected chi connectivity index (χ0v) is 12.3. The zero-order chi connectivity index (χ0) is 14.7. The summed E-state index contributed by atoms with van der Waals surface area (Å²) in [6.45, 7) is 0. The minimum atomic E-state index is -0.0799. The van der Waals surface area contributed by atoms with Crippen molar-refractivity contribution in [3.8, 4) is 0 Å². The van der Waals surface area contributed by atoms with Crippen molar-refractivity contribution in [1.82, 2.24) is 0 Å². The summed E-state index contributed by atoms with van der Waals surface area (Å²) in [5, 5.41) is 0. The Kier molecular flexibility index (Phi) is 3.78. The lowest BCUT2D eigenvalue weighted by Gasteiger charge is -2.31. The largest absolute Gasteiger partial charge is 0.469 e. The molecule has 2 heteroatoms. The monoisotopic (exact) mass is 280 g/mol. The first-order valence-electron chi connectivity index (χ1n) is 7.45. The van der Waals surface area contributed by atoms with Gasteiger partial charge in [-0.05, 0) is 30.4 Å². The number of hydrogen-bond acceptors (Lipinski definition) is 2. The maximum atomic E-state index is 11.9. The van der Waals surface area contributed by atoms with Crippen LogP contribution in [0, 0.1) is 5.92 Å². The van der Waals surface area contributed by atoms with Crippen LogP contribution in [0.4, 0.5) is 0 Å². The van der Waals surface area contributed by atoms with Crippen LogP contribution in [-0.2, 0) is 14.9 Å². The summed E-state index contributed by atoms with van der Waals surface area (Å²) in [4.78, 5) is 11.9. The first-order valence-corrected chi connectivity index (χ1v) is 7.45. The topological polar surface area (TPSA) is 26.3 Å². The van der Waals surface area contributed by atoms with Gasteiger partial charge in [0.25, 0.3) is 0 Å². The number of methoxy groups -OCH3 is 1. The highest BCUT2D eigenvalue weighted by molar-refractivity contribution is 5.73. The first kappa shape index (κ1) is 13.9. The second-order valence-electron chi connectivity index (χ2n) is 5.78. The third-order valence-electron chi connectivity index (χ3n) is 4.70. The highest BCUT2D eigenvalue weighted by atomic mass is 16.5. The van der Waals surface area contributed by atoms with Gasteiger partial charge in [0, 0.05) is 5.41 Å². The maximum Gasteiger partial charge on any atom is 0.308 e. The third kappa shape index (κ3) is 2.46. The molecule has 1 fully saturated rings. The fourth-order valence-corrected chi connectivity index (χ4v) is 3.62. The second kappa shape index (κ2) is 5.72. The molecular weight excluding hydrogens is 260 g/mol. The van der Waals surface area contributed by atoms with E-state index in [9.17, 15) is 4.79 Å². The standard InChI is InChI=1S/C19H20O2/c1-21-18(20)15-12-13-19(14-15,16-8-4-2-5-9-16)17-10-6-3-7-11-17/h2-11,15H,12-14H2,1H3. The molecule has 108 valence electrons. The maximum absolute atomic E-state index is 11.9. The number of ether oxygens (including phenoxy) is 1. The van der Waals surface area contributed by atoms with Gasteiger partial charge in [-0.1, -0.05) is 60.7 Å². The van der Waals surface area contributed by atoms with Gasteiger partial charge in [-0.3, -0.25) is 4.79 Å². The molecule has 2 nitrogen and oxygen atoms in total. The second-order valence-corrected chi connectivity index (χ2v) is 5.78. The summed E-state index contributed by atoms with van der Waals surface area (Å²) >= 11 is 0. The summed E-state index contributed by atoms with van der Waals surface area (Å²) in [5.41, 5.74) is 2.52. The number of esters is 1. The van der Waals surface area contributed by atoms with Crippen LogP contribution in [-0.4, -0.2) is 13.1 Å². The van der Waals surface area contributed by atoms with E-state index in [0.717, 1.165) is 19.3 Å². The Bertz CT molecular complexity index is 564. The Morgan fingerprint density at radius 1 is 1.00 bits per heavy atom. The molecule has 0 saturated heterocycles. The van der Waals surface area contributed by atoms with E-state index < -0.39 is 0 Å². The summed E-state index contributed by atoms with van der Waals surface area (Å²) < 4.78 is 4.96. The van der Waals surface area contributed by atoms with Gasteiger partial charge in [-0.15, -0.1) is 0 Å². The van der Waals surface area contributed by atoms with Crippen LogP contribution >= 0.6 is 0 Å². The van der Waals surface area contributed by atoms with E-state index >= 15 is 0 Å². The predicted molar refractivity (Wildman–Crippen MR) is 83.0 cm³/mol. The zero-order valence-electron chi connectivity index (χ0n) is 12.3. The first-order chi connectivity index (χ1) is 10.3. The molecule has 1 aliphatic carbocycles. The van der Waals surface area contributed by atoms with Crippen LogP contribution in [0.15, 0.2) is 60.7 Å². The Balaban J connectivity index is 2.04. The van der Waals surface area contributed by atoms with Crippen molar-refractivity contribution in [2.45, 2.75) is 24.7 Å². The van der Waals surface area contributed by atoms with E-state index in [1.54, 1.807) is 0 Å². The smallest absolute Gasteiger partial charge is 0.308 e. The molecular formula is C19H20O2. The Morgan fingerprint density at radius 3 is 2.00 bits per heavy atom. The van der Waals surface area contributed by atoms with E-state index in [2.05, 4.69) is 48.5 Å². The molecule has 1 aliphatic rings. The number of rotatable bonds is 3. The van der Waals surface area contributed by atoms with Gasteiger partial charge in [-0.2, -0.15) is 0 Å². The average molecular weight is 280 g/mol. The van der Waals surface area contributed by atoms with Crippen LogP contribution in [0.1, 0.15) is 30.4 Å². The van der Waals surface area contributed by atoms with E-state index in [1.165, 1.54) is 18.2 Å². The van der Waals surface area contributed by atoms with E-state index in [4.69, 9.17) is 4.74 Å². The average Bonchev–Trinajstić information content (AvgIpc) is 3.02. The third-order valence-corrected chi connectivity index (χ3v) is 4.70. The molecule has 2 aromatic carbocycles. The molecule has 2 aromatic rings. The molecule has 0 spiro atoms. The molecule has 0 amide bonds. The lowest BCUT2D eigenvalue weighted by molar-refractivity contribution is -0.145. The van der Waals surface area contributed by atoms with Crippen molar-refractivity contribution < 1.29 is 9.53 Å². The molecule has 0 radical (unpaired) electrons. The fraction of sp³-hybridized carbons (Fsp3) is 0.316. The van der Waals surface area contributed by atoms with Gasteiger partial charge in [0.1, 0.15) is 0 Å². The SMILES string of the molecule is COC(=O)C1CCC(c2ccccc2)(c2ccccc2)C1. The molecule has 21 heavy (non-hydrogen) atoms. The van der Waals surface area contributed by atoms with Crippen molar-refractivity contribution in [2.24, 2.45) is 5.92 Å². The Hall–Kier alpha value is -2.09. The molecule has 0 N–H and O–H groups in total. The van der Waals surface area contributed by atoms with Crippen molar-refractivity contribution in [1.29, 1.82) is 0 Å². The molecule has 3 rings (SSSR count). The van der Waals surface area contributed by atoms with Crippen LogP contribution < -0.4 is 0 Å². The normalized spacial score (nSPS) is 20.1. The van der Waals surface area contributed by atoms with Gasteiger partial charge >= 0.3 is 5.97 Å². The van der Waals surface area contributed by atoms with Crippen molar-refractivity contribution in [2.75, 3.05) is 7.11 Å². The predicted octanol–water partition coefficient (Wildman–Crippen LogP) is 3.95. The minimum absolute atomic E-state index is 0.00425. The lowest BCUT2D eigenvalue weighted by Crippen LogP contribution is -2.25. The highest BCUT2D eigenvalue weighted by Gasteiger charge is 2.44. The van der Waals surface area contributed by atoms with Crippen LogP contribution in [0.5, 0.6) is 0 Å². The Labute approximate surface area is 125 Å². The van der Waals surface area contributed by atoms with E-state index in [0.29, 0.717) is 0 Å².